The summed E-state index contributed by atoms with van der Waals surface area (Å²) in [5.74, 6) is 0.490. The van der Waals surface area contributed by atoms with Crippen LogP contribution in [0.15, 0.2) is 42.9 Å². The van der Waals surface area contributed by atoms with Crippen molar-refractivity contribution in [2.45, 2.75) is 19.4 Å². The van der Waals surface area contributed by atoms with Crippen molar-refractivity contribution in [1.29, 1.82) is 0 Å². The highest BCUT2D eigenvalue weighted by atomic mass is 16.6. The molecule has 4 rings (SSSR count). The van der Waals surface area contributed by atoms with Crippen molar-refractivity contribution in [1.82, 2.24) is 15.0 Å². The van der Waals surface area contributed by atoms with Gasteiger partial charge in [-0.2, -0.15) is 0 Å². The van der Waals surface area contributed by atoms with Crippen molar-refractivity contribution in [2.75, 3.05) is 18.1 Å². The van der Waals surface area contributed by atoms with Gasteiger partial charge in [-0.05, 0) is 25.1 Å². The molecule has 3 aromatic heterocycles. The van der Waals surface area contributed by atoms with E-state index in [1.165, 1.54) is 4.90 Å². The lowest BCUT2D eigenvalue weighted by molar-refractivity contribution is 0.0898. The molecule has 1 aliphatic rings. The number of rotatable bonds is 3. The number of fused-ring (bicyclic) bond motifs is 1. The predicted molar refractivity (Wildman–Crippen MR) is 92.9 cm³/mol. The Balaban J connectivity index is 1.72. The number of carbonyl (C=O) groups is 1. The minimum Gasteiger partial charge on any atom is -0.443 e. The van der Waals surface area contributed by atoms with Crippen LogP contribution in [0.2, 0.25) is 0 Å². The smallest absolute Gasteiger partial charge is 0.420 e. The Kier molecular flexibility index (Phi) is 4.07. The van der Waals surface area contributed by atoms with Crippen LogP contribution < -0.4 is 4.90 Å². The molecule has 3 aromatic rings. The highest BCUT2D eigenvalue weighted by molar-refractivity contribution is 5.96. The van der Waals surface area contributed by atoms with Crippen LogP contribution in [0.3, 0.4) is 0 Å². The quantitative estimate of drug-likeness (QED) is 0.792. The molecule has 0 spiro atoms. The number of hydrogen-bond donors (Lipinski definition) is 1. The van der Waals surface area contributed by atoms with Gasteiger partial charge in [0.25, 0.3) is 0 Å². The number of aromatic amines is 1. The fraction of sp³-hybridized carbons (Fsp3) is 0.278. The van der Waals surface area contributed by atoms with E-state index in [-0.39, 0.29) is 6.10 Å². The molecule has 1 amide bonds. The highest BCUT2D eigenvalue weighted by Crippen LogP contribution is 2.28. The molecule has 0 radical (unpaired) electrons. The second-order valence-corrected chi connectivity index (χ2v) is 5.97. The zero-order valence-corrected chi connectivity index (χ0v) is 13.8. The lowest BCUT2D eigenvalue weighted by Crippen LogP contribution is -2.31. The minimum absolute atomic E-state index is 0.229. The Labute approximate surface area is 144 Å². The molecule has 0 aliphatic carbocycles. The molecule has 1 unspecified atom stereocenters. The summed E-state index contributed by atoms with van der Waals surface area (Å²) in [6.45, 7) is 2.91. The Morgan fingerprint density at radius 2 is 2.28 bits per heavy atom. The largest absolute Gasteiger partial charge is 0.443 e. The van der Waals surface area contributed by atoms with Crippen LogP contribution in [-0.2, 0) is 9.47 Å². The first kappa shape index (κ1) is 15.6. The second-order valence-electron chi connectivity index (χ2n) is 5.97. The fourth-order valence-corrected chi connectivity index (χ4v) is 2.86. The van der Waals surface area contributed by atoms with Crippen LogP contribution in [0.1, 0.15) is 12.1 Å². The van der Waals surface area contributed by atoms with E-state index >= 15 is 0 Å². The van der Waals surface area contributed by atoms with Crippen molar-refractivity contribution in [3.05, 3.63) is 48.5 Å². The number of aryl methyl sites for hydroxylation is 1. The van der Waals surface area contributed by atoms with Gasteiger partial charge in [0.1, 0.15) is 11.9 Å². The number of pyridine rings is 2. The van der Waals surface area contributed by atoms with Crippen LogP contribution in [-0.4, -0.2) is 40.4 Å². The first-order valence-electron chi connectivity index (χ1n) is 8.15. The molecule has 0 saturated carbocycles. The van der Waals surface area contributed by atoms with Crippen molar-refractivity contribution in [3.63, 3.8) is 0 Å². The molecule has 0 bridgehead atoms. The number of carbonyl (C=O) groups excluding carboxylic acids is 1. The number of ether oxygens (including phenoxy) is 2. The molecule has 1 atom stereocenters. The number of amides is 1. The van der Waals surface area contributed by atoms with Crippen molar-refractivity contribution < 1.29 is 14.3 Å². The minimum atomic E-state index is -0.473. The van der Waals surface area contributed by atoms with E-state index in [1.807, 2.05) is 31.3 Å². The van der Waals surface area contributed by atoms with E-state index in [0.717, 1.165) is 16.6 Å². The number of nitrogens with zero attached hydrogens (tertiary/aromatic N) is 3. The molecule has 1 aliphatic heterocycles. The molecule has 0 aromatic carbocycles. The van der Waals surface area contributed by atoms with Gasteiger partial charge in [0.15, 0.2) is 0 Å². The Morgan fingerprint density at radius 3 is 3.08 bits per heavy atom. The molecule has 1 saturated heterocycles. The van der Waals surface area contributed by atoms with E-state index in [9.17, 15) is 4.79 Å². The fourth-order valence-electron chi connectivity index (χ4n) is 2.86. The summed E-state index contributed by atoms with van der Waals surface area (Å²) in [5, 5.41) is 0.979. The van der Waals surface area contributed by atoms with E-state index < -0.39 is 6.09 Å². The van der Waals surface area contributed by atoms with Crippen LogP contribution in [0.5, 0.6) is 0 Å². The number of aromatic nitrogens is 3. The summed E-state index contributed by atoms with van der Waals surface area (Å²) in [6.07, 6.45) is 5.24. The number of H-pyrrole nitrogens is 1. The van der Waals surface area contributed by atoms with Crippen LogP contribution in [0.4, 0.5) is 16.3 Å². The monoisotopic (exact) mass is 338 g/mol. The molecular weight excluding hydrogens is 320 g/mol. The number of nitrogens with one attached hydrogen (secondary N) is 1. The summed E-state index contributed by atoms with van der Waals surface area (Å²) in [5.41, 5.74) is 2.37. The predicted octanol–water partition coefficient (Wildman–Crippen LogP) is 3.33. The maximum Gasteiger partial charge on any atom is 0.420 e. The van der Waals surface area contributed by atoms with E-state index in [0.29, 0.717) is 31.1 Å². The van der Waals surface area contributed by atoms with Gasteiger partial charge in [0, 0.05) is 42.2 Å². The summed E-state index contributed by atoms with van der Waals surface area (Å²) < 4.78 is 10.9. The van der Waals surface area contributed by atoms with Gasteiger partial charge in [-0.1, -0.05) is 0 Å². The Morgan fingerprint density at radius 1 is 1.36 bits per heavy atom. The average Bonchev–Trinajstić information content (AvgIpc) is 3.26. The standard InChI is InChI=1S/C18H18N4O3/c1-12-8-14(3-6-19-12)22(18(23)25-15-4-7-24-11-15)17-9-16-13(10-21-17)2-5-20-16/h2-3,5-6,8-10,15,20H,4,7,11H2,1H3. The molecule has 7 nitrogen and oxygen atoms in total. The third-order valence-corrected chi connectivity index (χ3v) is 4.13. The van der Waals surface area contributed by atoms with Gasteiger partial charge in [0.2, 0.25) is 0 Å². The SMILES string of the molecule is Cc1cc(N(C(=O)OC2CCOC2)c2cc3[nH]ccc3cn2)ccn1. The molecule has 7 heteroatoms. The lowest BCUT2D eigenvalue weighted by Gasteiger charge is -2.23. The van der Waals surface area contributed by atoms with Crippen LogP contribution in [0, 0.1) is 6.92 Å². The van der Waals surface area contributed by atoms with Gasteiger partial charge in [-0.3, -0.25) is 4.98 Å². The molecule has 128 valence electrons. The molecular formula is C18H18N4O3. The third-order valence-electron chi connectivity index (χ3n) is 4.13. The van der Waals surface area contributed by atoms with Gasteiger partial charge < -0.3 is 14.5 Å². The Bertz CT molecular complexity index is 902. The lowest BCUT2D eigenvalue weighted by atomic mass is 10.2. The van der Waals surface area contributed by atoms with Gasteiger partial charge in [-0.25, -0.2) is 14.7 Å². The van der Waals surface area contributed by atoms with E-state index in [1.54, 1.807) is 18.5 Å². The van der Waals surface area contributed by atoms with Gasteiger partial charge in [0.05, 0.1) is 24.4 Å². The van der Waals surface area contributed by atoms with Gasteiger partial charge >= 0.3 is 6.09 Å². The maximum atomic E-state index is 12.9. The van der Waals surface area contributed by atoms with Crippen molar-refractivity contribution in [2.24, 2.45) is 0 Å². The van der Waals surface area contributed by atoms with Crippen molar-refractivity contribution in [3.8, 4) is 0 Å². The first-order valence-corrected chi connectivity index (χ1v) is 8.15. The van der Waals surface area contributed by atoms with E-state index in [2.05, 4.69) is 15.0 Å². The van der Waals surface area contributed by atoms with Crippen LogP contribution in [0.25, 0.3) is 10.9 Å². The second kappa shape index (κ2) is 6.52. The zero-order valence-electron chi connectivity index (χ0n) is 13.8. The third kappa shape index (κ3) is 3.18. The topological polar surface area (TPSA) is 80.3 Å². The van der Waals surface area contributed by atoms with Gasteiger partial charge in [-0.15, -0.1) is 0 Å². The first-order chi connectivity index (χ1) is 12.2. The summed E-state index contributed by atoms with van der Waals surface area (Å²) in [7, 11) is 0. The maximum absolute atomic E-state index is 12.9. The van der Waals surface area contributed by atoms with Crippen LogP contribution >= 0.6 is 0 Å². The number of hydrogen-bond acceptors (Lipinski definition) is 5. The summed E-state index contributed by atoms with van der Waals surface area (Å²) in [6, 6.07) is 7.35. The molecule has 25 heavy (non-hydrogen) atoms. The summed E-state index contributed by atoms with van der Waals surface area (Å²) in [4.78, 5) is 26.1. The average molecular weight is 338 g/mol. The van der Waals surface area contributed by atoms with E-state index in [4.69, 9.17) is 9.47 Å². The summed E-state index contributed by atoms with van der Waals surface area (Å²) >= 11 is 0. The Hall–Kier alpha value is -2.93. The molecule has 1 fully saturated rings. The van der Waals surface area contributed by atoms with Crippen molar-refractivity contribution >= 4 is 28.5 Å². The number of anilines is 2. The zero-order chi connectivity index (χ0) is 17.2. The normalized spacial score (nSPS) is 16.9. The highest BCUT2D eigenvalue weighted by Gasteiger charge is 2.27. The molecule has 1 N–H and O–H groups in total. The molecule has 4 heterocycles.